The number of benzene rings is 1. The molecule has 1 N–H and O–H groups in total. The lowest BCUT2D eigenvalue weighted by molar-refractivity contribution is -0.133. The normalized spacial score (nSPS) is 11.2. The highest BCUT2D eigenvalue weighted by molar-refractivity contribution is 5.96. The number of hydrogen-bond donors (Lipinski definition) is 1. The number of hydrogen-bond acceptors (Lipinski definition) is 3. The van der Waals surface area contributed by atoms with Crippen molar-refractivity contribution >= 4 is 11.6 Å². The summed E-state index contributed by atoms with van der Waals surface area (Å²) in [7, 11) is 1.52. The predicted octanol–water partition coefficient (Wildman–Crippen LogP) is 2.76. The molecule has 0 aliphatic heterocycles. The molecule has 4 nitrogen and oxygen atoms in total. The minimum absolute atomic E-state index is 0.173. The Kier molecular flexibility index (Phi) is 4.73. The van der Waals surface area contributed by atoms with E-state index in [4.69, 9.17) is 9.47 Å². The molecule has 0 aliphatic carbocycles. The number of amides is 1. The average Bonchev–Trinajstić information content (AvgIpc) is 2.32. The summed E-state index contributed by atoms with van der Waals surface area (Å²) >= 11 is 0. The fourth-order valence-electron chi connectivity index (χ4n) is 1.42. The summed E-state index contributed by atoms with van der Waals surface area (Å²) in [6.45, 7) is 7.97. The van der Waals surface area contributed by atoms with E-state index in [9.17, 15) is 4.79 Å². The van der Waals surface area contributed by atoms with Gasteiger partial charge in [0.2, 0.25) is 0 Å². The maximum Gasteiger partial charge on any atom is 0.256 e. The maximum atomic E-state index is 11.9. The van der Waals surface area contributed by atoms with E-state index in [2.05, 4.69) is 5.32 Å². The second-order valence-electron chi connectivity index (χ2n) is 4.58. The van der Waals surface area contributed by atoms with Crippen LogP contribution in [-0.4, -0.2) is 25.2 Å². The van der Waals surface area contributed by atoms with E-state index in [1.807, 2.05) is 32.0 Å². The molecule has 1 aromatic rings. The van der Waals surface area contributed by atoms with E-state index < -0.39 is 5.60 Å². The number of methoxy groups -OCH3 is 1. The van der Waals surface area contributed by atoms with Gasteiger partial charge in [-0.15, -0.1) is 0 Å². The lowest BCUT2D eigenvalue weighted by atomic mass is 10.1. The molecule has 0 saturated carbocycles. The van der Waals surface area contributed by atoms with Crippen molar-refractivity contribution in [3.05, 3.63) is 23.8 Å². The summed E-state index contributed by atoms with van der Waals surface area (Å²) < 4.78 is 10.6. The molecule has 0 unspecified atom stereocenters. The third kappa shape index (κ3) is 3.47. The van der Waals surface area contributed by atoms with E-state index in [0.717, 1.165) is 17.0 Å². The zero-order valence-electron chi connectivity index (χ0n) is 11.7. The fourth-order valence-corrected chi connectivity index (χ4v) is 1.42. The molecule has 1 rings (SSSR count). The molecule has 0 spiro atoms. The average molecular weight is 251 g/mol. The molecule has 0 bridgehead atoms. The Morgan fingerprint density at radius 3 is 2.56 bits per heavy atom. The highest BCUT2D eigenvalue weighted by Crippen LogP contribution is 2.22. The van der Waals surface area contributed by atoms with Gasteiger partial charge in [0, 0.05) is 12.8 Å². The molecule has 0 aliphatic rings. The number of anilines is 1. The molecular formula is C14H21NO3. The molecule has 0 heterocycles. The largest absolute Gasteiger partial charge is 0.494 e. The van der Waals surface area contributed by atoms with Crippen LogP contribution in [0.15, 0.2) is 18.2 Å². The minimum Gasteiger partial charge on any atom is -0.494 e. The summed E-state index contributed by atoms with van der Waals surface area (Å²) in [5.74, 6) is 0.662. The van der Waals surface area contributed by atoms with Crippen molar-refractivity contribution < 1.29 is 14.3 Å². The Hall–Kier alpha value is -1.55. The molecule has 1 amide bonds. The van der Waals surface area contributed by atoms with E-state index in [-0.39, 0.29) is 5.91 Å². The van der Waals surface area contributed by atoms with Gasteiger partial charge in [-0.25, -0.2) is 0 Å². The second kappa shape index (κ2) is 5.87. The van der Waals surface area contributed by atoms with Crippen LogP contribution in [0.5, 0.6) is 5.75 Å². The number of aryl methyl sites for hydroxylation is 1. The standard InChI is InChI=1S/C14H21NO3/c1-6-18-12-8-7-11(9-10(12)2)15-13(16)14(3,4)17-5/h7-9H,6H2,1-5H3,(H,15,16). The number of nitrogens with one attached hydrogen (secondary N) is 1. The van der Waals surface area contributed by atoms with Gasteiger partial charge in [0.25, 0.3) is 5.91 Å². The first-order valence-corrected chi connectivity index (χ1v) is 6.00. The van der Waals surface area contributed by atoms with Crippen LogP contribution in [0, 0.1) is 6.92 Å². The van der Waals surface area contributed by atoms with Crippen LogP contribution >= 0.6 is 0 Å². The summed E-state index contributed by atoms with van der Waals surface area (Å²) in [5.41, 5.74) is 0.892. The van der Waals surface area contributed by atoms with Gasteiger partial charge in [-0.3, -0.25) is 4.79 Å². The lowest BCUT2D eigenvalue weighted by Gasteiger charge is -2.22. The number of carbonyl (C=O) groups excluding carboxylic acids is 1. The topological polar surface area (TPSA) is 47.6 Å². The van der Waals surface area contributed by atoms with Crippen molar-refractivity contribution in [2.45, 2.75) is 33.3 Å². The van der Waals surface area contributed by atoms with Crippen molar-refractivity contribution in [2.75, 3.05) is 19.0 Å². The molecule has 0 radical (unpaired) electrons. The first kappa shape index (κ1) is 14.5. The molecule has 0 atom stereocenters. The van der Waals surface area contributed by atoms with Gasteiger partial charge in [0.05, 0.1) is 6.61 Å². The van der Waals surface area contributed by atoms with Crippen molar-refractivity contribution in [3.8, 4) is 5.75 Å². The molecule has 18 heavy (non-hydrogen) atoms. The Morgan fingerprint density at radius 1 is 1.39 bits per heavy atom. The number of carbonyl (C=O) groups is 1. The highest BCUT2D eigenvalue weighted by atomic mass is 16.5. The maximum absolute atomic E-state index is 11.9. The van der Waals surface area contributed by atoms with Gasteiger partial charge >= 0.3 is 0 Å². The van der Waals surface area contributed by atoms with Crippen LogP contribution in [0.3, 0.4) is 0 Å². The van der Waals surface area contributed by atoms with Gasteiger partial charge in [-0.05, 0) is 51.5 Å². The molecule has 4 heteroatoms. The molecule has 0 saturated heterocycles. The zero-order valence-corrected chi connectivity index (χ0v) is 11.7. The van der Waals surface area contributed by atoms with Gasteiger partial charge in [-0.2, -0.15) is 0 Å². The number of ether oxygens (including phenoxy) is 2. The van der Waals surface area contributed by atoms with E-state index in [1.54, 1.807) is 13.8 Å². The molecule has 1 aromatic carbocycles. The monoisotopic (exact) mass is 251 g/mol. The van der Waals surface area contributed by atoms with Crippen molar-refractivity contribution in [3.63, 3.8) is 0 Å². The third-order valence-corrected chi connectivity index (χ3v) is 2.79. The fraction of sp³-hybridized carbons (Fsp3) is 0.500. The summed E-state index contributed by atoms with van der Waals surface area (Å²) in [6, 6.07) is 5.56. The second-order valence-corrected chi connectivity index (χ2v) is 4.58. The Balaban J connectivity index is 2.81. The predicted molar refractivity (Wildman–Crippen MR) is 72.1 cm³/mol. The van der Waals surface area contributed by atoms with Crippen LogP contribution in [0.1, 0.15) is 26.3 Å². The van der Waals surface area contributed by atoms with E-state index >= 15 is 0 Å². The van der Waals surface area contributed by atoms with E-state index in [0.29, 0.717) is 6.61 Å². The Labute approximate surface area is 108 Å². The third-order valence-electron chi connectivity index (χ3n) is 2.79. The van der Waals surface area contributed by atoms with Gasteiger partial charge < -0.3 is 14.8 Å². The van der Waals surface area contributed by atoms with Crippen LogP contribution < -0.4 is 10.1 Å². The highest BCUT2D eigenvalue weighted by Gasteiger charge is 2.26. The quantitative estimate of drug-likeness (QED) is 0.875. The molecule has 100 valence electrons. The lowest BCUT2D eigenvalue weighted by Crippen LogP contribution is -2.38. The van der Waals surface area contributed by atoms with Crippen LogP contribution in [0.2, 0.25) is 0 Å². The van der Waals surface area contributed by atoms with Crippen LogP contribution in [-0.2, 0) is 9.53 Å². The minimum atomic E-state index is -0.841. The van der Waals surface area contributed by atoms with Crippen LogP contribution in [0.25, 0.3) is 0 Å². The van der Waals surface area contributed by atoms with Gasteiger partial charge in [-0.1, -0.05) is 0 Å². The SMILES string of the molecule is CCOc1ccc(NC(=O)C(C)(C)OC)cc1C. The van der Waals surface area contributed by atoms with Crippen LogP contribution in [0.4, 0.5) is 5.69 Å². The zero-order chi connectivity index (χ0) is 13.8. The van der Waals surface area contributed by atoms with E-state index in [1.165, 1.54) is 7.11 Å². The Bertz CT molecular complexity index is 427. The van der Waals surface area contributed by atoms with Gasteiger partial charge in [0.15, 0.2) is 0 Å². The molecule has 0 aromatic heterocycles. The molecular weight excluding hydrogens is 230 g/mol. The summed E-state index contributed by atoms with van der Waals surface area (Å²) in [5, 5.41) is 2.82. The first-order valence-electron chi connectivity index (χ1n) is 6.00. The van der Waals surface area contributed by atoms with Crippen molar-refractivity contribution in [1.29, 1.82) is 0 Å². The number of rotatable bonds is 5. The van der Waals surface area contributed by atoms with Gasteiger partial charge in [0.1, 0.15) is 11.4 Å². The summed E-state index contributed by atoms with van der Waals surface area (Å²) in [6.07, 6.45) is 0. The smallest absolute Gasteiger partial charge is 0.256 e. The molecule has 0 fully saturated rings. The first-order chi connectivity index (χ1) is 8.40. The summed E-state index contributed by atoms with van der Waals surface area (Å²) in [4.78, 5) is 11.9. The van der Waals surface area contributed by atoms with Crippen molar-refractivity contribution in [2.24, 2.45) is 0 Å². The Morgan fingerprint density at radius 2 is 2.06 bits per heavy atom. The van der Waals surface area contributed by atoms with Crippen molar-refractivity contribution in [1.82, 2.24) is 0 Å².